The molecule has 1 aromatic heterocycles. The molecule has 0 aliphatic rings. The Labute approximate surface area is 90.8 Å². The third-order valence-corrected chi connectivity index (χ3v) is 2.45. The SMILES string of the molecule is CCC(C)(C)OCc1cc(NN)ccn1. The Morgan fingerprint density at radius 1 is 1.53 bits per heavy atom. The van der Waals surface area contributed by atoms with Crippen molar-refractivity contribution in [3.63, 3.8) is 0 Å². The van der Waals surface area contributed by atoms with E-state index in [0.717, 1.165) is 17.8 Å². The molecule has 0 unspecified atom stereocenters. The van der Waals surface area contributed by atoms with Gasteiger partial charge in [-0.2, -0.15) is 0 Å². The molecule has 0 amide bonds. The number of nitrogens with one attached hydrogen (secondary N) is 1. The summed E-state index contributed by atoms with van der Waals surface area (Å²) >= 11 is 0. The van der Waals surface area contributed by atoms with Crippen LogP contribution >= 0.6 is 0 Å². The maximum absolute atomic E-state index is 5.73. The first-order valence-electron chi connectivity index (χ1n) is 5.13. The Kier molecular flexibility index (Phi) is 4.05. The van der Waals surface area contributed by atoms with Crippen LogP contribution in [0.15, 0.2) is 18.3 Å². The number of anilines is 1. The van der Waals surface area contributed by atoms with Gasteiger partial charge in [0.2, 0.25) is 0 Å². The molecule has 84 valence electrons. The zero-order valence-electron chi connectivity index (χ0n) is 9.58. The second-order valence-electron chi connectivity index (χ2n) is 4.08. The van der Waals surface area contributed by atoms with Crippen LogP contribution in [-0.4, -0.2) is 10.6 Å². The number of rotatable bonds is 5. The molecule has 1 heterocycles. The van der Waals surface area contributed by atoms with Crippen molar-refractivity contribution in [2.45, 2.75) is 39.4 Å². The normalized spacial score (nSPS) is 11.5. The predicted octanol–water partition coefficient (Wildman–Crippen LogP) is 2.07. The lowest BCUT2D eigenvalue weighted by Crippen LogP contribution is -2.23. The molecule has 0 bridgehead atoms. The molecular formula is C11H19N3O. The van der Waals surface area contributed by atoms with Crippen LogP contribution in [0.1, 0.15) is 32.9 Å². The first-order valence-corrected chi connectivity index (χ1v) is 5.13. The monoisotopic (exact) mass is 209 g/mol. The maximum atomic E-state index is 5.73. The molecule has 0 aliphatic carbocycles. The highest BCUT2D eigenvalue weighted by Gasteiger charge is 2.15. The molecule has 0 aromatic carbocycles. The first-order chi connectivity index (χ1) is 7.07. The van der Waals surface area contributed by atoms with Gasteiger partial charge in [-0.15, -0.1) is 0 Å². The largest absolute Gasteiger partial charge is 0.369 e. The van der Waals surface area contributed by atoms with E-state index in [9.17, 15) is 0 Å². The fourth-order valence-electron chi connectivity index (χ4n) is 1.02. The van der Waals surface area contributed by atoms with E-state index in [1.807, 2.05) is 12.1 Å². The lowest BCUT2D eigenvalue weighted by molar-refractivity contribution is -0.0330. The summed E-state index contributed by atoms with van der Waals surface area (Å²) in [6.07, 6.45) is 2.69. The van der Waals surface area contributed by atoms with Gasteiger partial charge in [0, 0.05) is 6.20 Å². The molecule has 4 nitrogen and oxygen atoms in total. The molecule has 0 saturated heterocycles. The lowest BCUT2D eigenvalue weighted by Gasteiger charge is -2.23. The van der Waals surface area contributed by atoms with Crippen molar-refractivity contribution in [1.29, 1.82) is 0 Å². The fraction of sp³-hybridized carbons (Fsp3) is 0.545. The van der Waals surface area contributed by atoms with Crippen LogP contribution in [-0.2, 0) is 11.3 Å². The predicted molar refractivity (Wildman–Crippen MR) is 61.2 cm³/mol. The van der Waals surface area contributed by atoms with E-state index in [2.05, 4.69) is 31.2 Å². The van der Waals surface area contributed by atoms with Crippen molar-refractivity contribution in [3.8, 4) is 0 Å². The van der Waals surface area contributed by atoms with Crippen molar-refractivity contribution >= 4 is 5.69 Å². The number of hydrogen-bond donors (Lipinski definition) is 2. The summed E-state index contributed by atoms with van der Waals surface area (Å²) in [6.45, 7) is 6.75. The summed E-state index contributed by atoms with van der Waals surface area (Å²) in [7, 11) is 0. The molecule has 0 atom stereocenters. The molecule has 3 N–H and O–H groups in total. The zero-order chi connectivity index (χ0) is 11.3. The van der Waals surface area contributed by atoms with Gasteiger partial charge in [-0.3, -0.25) is 10.8 Å². The van der Waals surface area contributed by atoms with Crippen LogP contribution in [0.25, 0.3) is 0 Å². The summed E-state index contributed by atoms with van der Waals surface area (Å²) in [5.74, 6) is 5.31. The average Bonchev–Trinajstić information content (AvgIpc) is 2.27. The molecule has 1 rings (SSSR count). The summed E-state index contributed by atoms with van der Waals surface area (Å²) in [4.78, 5) is 4.20. The fourth-order valence-corrected chi connectivity index (χ4v) is 1.02. The second-order valence-corrected chi connectivity index (χ2v) is 4.08. The molecular weight excluding hydrogens is 190 g/mol. The molecule has 0 radical (unpaired) electrons. The van der Waals surface area contributed by atoms with Gasteiger partial charge in [-0.1, -0.05) is 6.92 Å². The Morgan fingerprint density at radius 2 is 2.27 bits per heavy atom. The highest BCUT2D eigenvalue weighted by atomic mass is 16.5. The topological polar surface area (TPSA) is 60.2 Å². The minimum absolute atomic E-state index is 0.103. The van der Waals surface area contributed by atoms with Crippen molar-refractivity contribution < 1.29 is 4.74 Å². The van der Waals surface area contributed by atoms with Gasteiger partial charge in [-0.05, 0) is 32.4 Å². The number of nitrogens with zero attached hydrogens (tertiary/aromatic N) is 1. The van der Waals surface area contributed by atoms with E-state index in [1.165, 1.54) is 0 Å². The molecule has 15 heavy (non-hydrogen) atoms. The molecule has 4 heteroatoms. The molecule has 1 aromatic rings. The number of pyridine rings is 1. The van der Waals surface area contributed by atoms with E-state index in [1.54, 1.807) is 6.20 Å². The first kappa shape index (κ1) is 11.9. The molecule has 0 aliphatic heterocycles. The van der Waals surface area contributed by atoms with Gasteiger partial charge in [-0.25, -0.2) is 0 Å². The van der Waals surface area contributed by atoms with Crippen LogP contribution in [0.5, 0.6) is 0 Å². The van der Waals surface area contributed by atoms with Crippen molar-refractivity contribution in [2.75, 3.05) is 5.43 Å². The average molecular weight is 209 g/mol. The van der Waals surface area contributed by atoms with Gasteiger partial charge in [0.15, 0.2) is 0 Å². The second kappa shape index (κ2) is 5.09. The van der Waals surface area contributed by atoms with Crippen molar-refractivity contribution in [2.24, 2.45) is 5.84 Å². The Morgan fingerprint density at radius 3 is 2.87 bits per heavy atom. The lowest BCUT2D eigenvalue weighted by atomic mass is 10.1. The minimum Gasteiger partial charge on any atom is -0.369 e. The number of nitrogen functional groups attached to an aromatic ring is 1. The van der Waals surface area contributed by atoms with E-state index < -0.39 is 0 Å². The Hall–Kier alpha value is -1.13. The van der Waals surface area contributed by atoms with Gasteiger partial charge in [0.25, 0.3) is 0 Å². The zero-order valence-corrected chi connectivity index (χ0v) is 9.58. The van der Waals surface area contributed by atoms with Crippen molar-refractivity contribution in [3.05, 3.63) is 24.0 Å². The minimum atomic E-state index is -0.103. The quantitative estimate of drug-likeness (QED) is 0.575. The number of hydrogen-bond acceptors (Lipinski definition) is 4. The molecule has 0 spiro atoms. The Balaban J connectivity index is 2.57. The van der Waals surface area contributed by atoms with Crippen LogP contribution in [0, 0.1) is 0 Å². The summed E-state index contributed by atoms with van der Waals surface area (Å²) in [6, 6.07) is 3.69. The van der Waals surface area contributed by atoms with Gasteiger partial charge < -0.3 is 10.2 Å². The smallest absolute Gasteiger partial charge is 0.0895 e. The van der Waals surface area contributed by atoms with Gasteiger partial charge in [0.05, 0.1) is 23.6 Å². The van der Waals surface area contributed by atoms with E-state index >= 15 is 0 Å². The number of hydrazine groups is 1. The van der Waals surface area contributed by atoms with Crippen LogP contribution in [0.2, 0.25) is 0 Å². The Bertz CT molecular complexity index is 312. The van der Waals surface area contributed by atoms with Crippen molar-refractivity contribution in [1.82, 2.24) is 4.98 Å². The number of ether oxygens (including phenoxy) is 1. The number of aromatic nitrogens is 1. The highest BCUT2D eigenvalue weighted by molar-refractivity contribution is 5.41. The third kappa shape index (κ3) is 3.85. The third-order valence-electron chi connectivity index (χ3n) is 2.45. The van der Waals surface area contributed by atoms with Crippen LogP contribution in [0.3, 0.4) is 0 Å². The number of nitrogens with two attached hydrogens (primary N) is 1. The van der Waals surface area contributed by atoms with Gasteiger partial charge in [0.1, 0.15) is 0 Å². The van der Waals surface area contributed by atoms with E-state index in [0.29, 0.717) is 6.61 Å². The summed E-state index contributed by atoms with van der Waals surface area (Å²) in [5, 5.41) is 0. The standard InChI is InChI=1S/C11H19N3O/c1-4-11(2,3)15-8-10-7-9(14-12)5-6-13-10/h5-7H,4,8,12H2,1-3H3,(H,13,14). The van der Waals surface area contributed by atoms with E-state index in [-0.39, 0.29) is 5.60 Å². The summed E-state index contributed by atoms with van der Waals surface area (Å²) < 4.78 is 5.73. The highest BCUT2D eigenvalue weighted by Crippen LogP contribution is 2.16. The summed E-state index contributed by atoms with van der Waals surface area (Å²) in [5.41, 5.74) is 4.21. The molecule has 0 fully saturated rings. The van der Waals surface area contributed by atoms with E-state index in [4.69, 9.17) is 10.6 Å². The molecule has 0 saturated carbocycles. The van der Waals surface area contributed by atoms with Crippen LogP contribution in [0.4, 0.5) is 5.69 Å². The maximum Gasteiger partial charge on any atom is 0.0895 e. The van der Waals surface area contributed by atoms with Gasteiger partial charge >= 0.3 is 0 Å². The van der Waals surface area contributed by atoms with Crippen LogP contribution < -0.4 is 11.3 Å².